The van der Waals surface area contributed by atoms with Crippen molar-refractivity contribution in [3.63, 3.8) is 0 Å². The van der Waals surface area contributed by atoms with Crippen LogP contribution in [0.25, 0.3) is 0 Å². The third kappa shape index (κ3) is 2.28. The second-order valence-corrected chi connectivity index (χ2v) is 4.81. The smallest absolute Gasteiger partial charge is 0.237 e. The molecule has 0 aliphatic carbocycles. The lowest BCUT2D eigenvalue weighted by Gasteiger charge is -2.17. The van der Waals surface area contributed by atoms with Crippen LogP contribution >= 0.6 is 0 Å². The maximum Gasteiger partial charge on any atom is 0.237 e. The number of hydrogen-bond donors (Lipinski definition) is 1. The summed E-state index contributed by atoms with van der Waals surface area (Å²) in [5.74, 6) is 0.104. The number of hydrogen-bond acceptors (Lipinski definition) is 3. The SMILES string of the molecule is CC(CN1CNCC1=O)S(C)=O. The fourth-order valence-electron chi connectivity index (χ4n) is 1.08. The molecule has 1 heterocycles. The van der Waals surface area contributed by atoms with Crippen molar-refractivity contribution < 1.29 is 9.00 Å². The first kappa shape index (κ1) is 9.67. The molecule has 0 spiro atoms. The molecule has 2 atom stereocenters. The minimum absolute atomic E-state index is 0.0637. The zero-order chi connectivity index (χ0) is 9.14. The molecule has 0 saturated carbocycles. The molecular formula is C7H14N2O2S. The van der Waals surface area contributed by atoms with Crippen molar-refractivity contribution in [1.82, 2.24) is 10.2 Å². The largest absolute Gasteiger partial charge is 0.328 e. The van der Waals surface area contributed by atoms with E-state index >= 15 is 0 Å². The third-order valence-corrected chi connectivity index (χ3v) is 3.26. The first-order valence-corrected chi connectivity index (χ1v) is 5.54. The van der Waals surface area contributed by atoms with E-state index in [9.17, 15) is 9.00 Å². The Bertz CT molecular complexity index is 208. The Balaban J connectivity index is 2.40. The normalized spacial score (nSPS) is 22.8. The van der Waals surface area contributed by atoms with E-state index in [1.165, 1.54) is 0 Å². The fourth-order valence-corrected chi connectivity index (χ4v) is 1.47. The monoisotopic (exact) mass is 190 g/mol. The molecule has 0 aromatic heterocycles. The highest BCUT2D eigenvalue weighted by molar-refractivity contribution is 7.84. The van der Waals surface area contributed by atoms with E-state index in [1.807, 2.05) is 6.92 Å². The van der Waals surface area contributed by atoms with Gasteiger partial charge in [-0.05, 0) is 6.92 Å². The van der Waals surface area contributed by atoms with Crippen LogP contribution in [0.5, 0.6) is 0 Å². The predicted octanol–water partition coefficient (Wildman–Crippen LogP) is -0.857. The van der Waals surface area contributed by atoms with Crippen LogP contribution in [-0.2, 0) is 15.6 Å². The molecular weight excluding hydrogens is 176 g/mol. The second-order valence-electron chi connectivity index (χ2n) is 3.01. The molecule has 1 rings (SSSR count). The summed E-state index contributed by atoms with van der Waals surface area (Å²) < 4.78 is 11.0. The molecule has 1 aliphatic heterocycles. The predicted molar refractivity (Wildman–Crippen MR) is 48.1 cm³/mol. The summed E-state index contributed by atoms with van der Waals surface area (Å²) in [6, 6.07) is 0. The van der Waals surface area contributed by atoms with Gasteiger partial charge >= 0.3 is 0 Å². The van der Waals surface area contributed by atoms with Gasteiger partial charge in [-0.2, -0.15) is 0 Å². The Morgan fingerprint density at radius 2 is 2.42 bits per heavy atom. The molecule has 0 aromatic carbocycles. The summed E-state index contributed by atoms with van der Waals surface area (Å²) in [7, 11) is -0.843. The third-order valence-electron chi connectivity index (χ3n) is 1.98. The van der Waals surface area contributed by atoms with Crippen LogP contribution < -0.4 is 5.32 Å². The molecule has 5 heteroatoms. The van der Waals surface area contributed by atoms with Crippen LogP contribution in [0, 0.1) is 0 Å². The van der Waals surface area contributed by atoms with Gasteiger partial charge in [-0.1, -0.05) is 0 Å². The van der Waals surface area contributed by atoms with E-state index in [2.05, 4.69) is 5.32 Å². The second kappa shape index (κ2) is 4.00. The fraction of sp³-hybridized carbons (Fsp3) is 0.857. The molecule has 1 aliphatic rings. The van der Waals surface area contributed by atoms with E-state index in [0.29, 0.717) is 19.8 Å². The van der Waals surface area contributed by atoms with Gasteiger partial charge in [0.25, 0.3) is 0 Å². The number of carbonyl (C=O) groups excluding carboxylic acids is 1. The van der Waals surface area contributed by atoms with E-state index in [-0.39, 0.29) is 11.2 Å². The van der Waals surface area contributed by atoms with Crippen molar-refractivity contribution in [3.05, 3.63) is 0 Å². The lowest BCUT2D eigenvalue weighted by molar-refractivity contribution is -0.126. The maximum atomic E-state index is 11.1. The highest BCUT2D eigenvalue weighted by atomic mass is 32.2. The molecule has 12 heavy (non-hydrogen) atoms. The molecule has 0 bridgehead atoms. The van der Waals surface area contributed by atoms with Crippen LogP contribution in [0.2, 0.25) is 0 Å². The van der Waals surface area contributed by atoms with E-state index in [1.54, 1.807) is 11.2 Å². The molecule has 1 N–H and O–H groups in total. The Morgan fingerprint density at radius 3 is 2.83 bits per heavy atom. The highest BCUT2D eigenvalue weighted by Crippen LogP contribution is 2.00. The topological polar surface area (TPSA) is 49.4 Å². The molecule has 70 valence electrons. The summed E-state index contributed by atoms with van der Waals surface area (Å²) in [6.45, 7) is 3.50. The summed E-state index contributed by atoms with van der Waals surface area (Å²) in [5, 5.41) is 3.01. The van der Waals surface area contributed by atoms with Gasteiger partial charge in [0, 0.05) is 28.9 Å². The Hall–Kier alpha value is -0.420. The zero-order valence-corrected chi connectivity index (χ0v) is 8.19. The lowest BCUT2D eigenvalue weighted by Crippen LogP contribution is -2.34. The first-order chi connectivity index (χ1) is 5.61. The molecule has 1 fully saturated rings. The Morgan fingerprint density at radius 1 is 1.75 bits per heavy atom. The molecule has 0 radical (unpaired) electrons. The van der Waals surface area contributed by atoms with Gasteiger partial charge in [0.1, 0.15) is 0 Å². The molecule has 0 aromatic rings. The number of amides is 1. The molecule has 4 nitrogen and oxygen atoms in total. The lowest BCUT2D eigenvalue weighted by atomic mass is 10.4. The number of rotatable bonds is 3. The minimum Gasteiger partial charge on any atom is -0.328 e. The van der Waals surface area contributed by atoms with Crippen molar-refractivity contribution in [2.45, 2.75) is 12.2 Å². The van der Waals surface area contributed by atoms with E-state index in [4.69, 9.17) is 0 Å². The average molecular weight is 190 g/mol. The van der Waals surface area contributed by atoms with Gasteiger partial charge in [-0.15, -0.1) is 0 Å². The van der Waals surface area contributed by atoms with Gasteiger partial charge in [0.2, 0.25) is 5.91 Å². The van der Waals surface area contributed by atoms with Gasteiger partial charge in [0.15, 0.2) is 0 Å². The van der Waals surface area contributed by atoms with Crippen LogP contribution in [0.4, 0.5) is 0 Å². The van der Waals surface area contributed by atoms with Crippen molar-refractivity contribution in [1.29, 1.82) is 0 Å². The summed E-state index contributed by atoms with van der Waals surface area (Å²) in [4.78, 5) is 12.8. The Kier molecular flexibility index (Phi) is 3.22. The molecule has 1 saturated heterocycles. The van der Waals surface area contributed by atoms with Crippen molar-refractivity contribution >= 4 is 16.7 Å². The zero-order valence-electron chi connectivity index (χ0n) is 7.37. The number of carbonyl (C=O) groups is 1. The van der Waals surface area contributed by atoms with Crippen LogP contribution in [-0.4, -0.2) is 46.3 Å². The van der Waals surface area contributed by atoms with Crippen LogP contribution in [0.1, 0.15) is 6.92 Å². The Labute approximate surface area is 74.8 Å². The molecule has 2 unspecified atom stereocenters. The van der Waals surface area contributed by atoms with Gasteiger partial charge in [-0.25, -0.2) is 0 Å². The average Bonchev–Trinajstić information content (AvgIpc) is 2.36. The van der Waals surface area contributed by atoms with E-state index < -0.39 is 10.8 Å². The maximum absolute atomic E-state index is 11.1. The van der Waals surface area contributed by atoms with Gasteiger partial charge in [-0.3, -0.25) is 14.3 Å². The summed E-state index contributed by atoms with van der Waals surface area (Å²) in [6.07, 6.45) is 1.67. The van der Waals surface area contributed by atoms with E-state index in [0.717, 1.165) is 0 Å². The summed E-state index contributed by atoms with van der Waals surface area (Å²) in [5.41, 5.74) is 0. The van der Waals surface area contributed by atoms with Gasteiger partial charge < -0.3 is 4.90 Å². The summed E-state index contributed by atoms with van der Waals surface area (Å²) >= 11 is 0. The quantitative estimate of drug-likeness (QED) is 0.630. The van der Waals surface area contributed by atoms with Crippen molar-refractivity contribution in [2.24, 2.45) is 0 Å². The van der Waals surface area contributed by atoms with Crippen LogP contribution in [0.3, 0.4) is 0 Å². The van der Waals surface area contributed by atoms with Crippen molar-refractivity contribution in [2.75, 3.05) is 26.0 Å². The number of nitrogens with zero attached hydrogens (tertiary/aromatic N) is 1. The highest BCUT2D eigenvalue weighted by Gasteiger charge is 2.22. The first-order valence-electron chi connectivity index (χ1n) is 3.92. The molecule has 1 amide bonds. The number of nitrogens with one attached hydrogen (secondary N) is 1. The minimum atomic E-state index is -0.843. The standard InChI is InChI=1S/C7H14N2O2S/c1-6(12(2)11)4-9-5-8-3-7(9)10/h6,8H,3-5H2,1-2H3. The van der Waals surface area contributed by atoms with Crippen LogP contribution in [0.15, 0.2) is 0 Å². The van der Waals surface area contributed by atoms with Crippen molar-refractivity contribution in [3.8, 4) is 0 Å². The van der Waals surface area contributed by atoms with Gasteiger partial charge in [0.05, 0.1) is 13.2 Å².